The number of piperazine rings is 1. The van der Waals surface area contributed by atoms with Gasteiger partial charge in [-0.1, -0.05) is 30.3 Å². The molecule has 0 unspecified atom stereocenters. The van der Waals surface area contributed by atoms with Gasteiger partial charge in [-0.05, 0) is 36.8 Å². The van der Waals surface area contributed by atoms with Crippen LogP contribution in [0.25, 0.3) is 0 Å². The van der Waals surface area contributed by atoms with Gasteiger partial charge in [-0.2, -0.15) is 0 Å². The van der Waals surface area contributed by atoms with Crippen LogP contribution in [0.5, 0.6) is 0 Å². The average Bonchev–Trinajstić information content (AvgIpc) is 3.19. The van der Waals surface area contributed by atoms with Gasteiger partial charge in [0.2, 0.25) is 17.7 Å². The fourth-order valence-electron chi connectivity index (χ4n) is 5.86. The number of carbonyl (C=O) groups excluding carboxylic acids is 4. The van der Waals surface area contributed by atoms with Gasteiger partial charge in [-0.25, -0.2) is 4.39 Å². The maximum Gasteiger partial charge on any atom is 0.255 e. The summed E-state index contributed by atoms with van der Waals surface area (Å²) < 4.78 is 13.5. The molecule has 3 fully saturated rings. The van der Waals surface area contributed by atoms with E-state index in [4.69, 9.17) is 0 Å². The first-order valence-corrected chi connectivity index (χ1v) is 11.0. The molecule has 2 aromatic carbocycles. The molecule has 7 nitrogen and oxygen atoms in total. The summed E-state index contributed by atoms with van der Waals surface area (Å²) in [5, 5.41) is 0. The fourth-order valence-corrected chi connectivity index (χ4v) is 5.86. The highest BCUT2D eigenvalue weighted by atomic mass is 19.1. The van der Waals surface area contributed by atoms with E-state index in [1.54, 1.807) is 4.90 Å². The van der Waals surface area contributed by atoms with Crippen LogP contribution in [0.2, 0.25) is 0 Å². The van der Waals surface area contributed by atoms with Crippen molar-refractivity contribution in [2.45, 2.75) is 24.9 Å². The molecular weight excluding hydrogens is 425 g/mol. The summed E-state index contributed by atoms with van der Waals surface area (Å²) in [5.74, 6) is -3.85. The molecule has 33 heavy (non-hydrogen) atoms. The van der Waals surface area contributed by atoms with Crippen molar-refractivity contribution in [2.75, 3.05) is 20.1 Å². The zero-order valence-electron chi connectivity index (χ0n) is 18.4. The van der Waals surface area contributed by atoms with Gasteiger partial charge < -0.3 is 9.80 Å². The third-order valence-electron chi connectivity index (χ3n) is 7.34. The smallest absolute Gasteiger partial charge is 0.255 e. The highest BCUT2D eigenvalue weighted by Gasteiger charge is 2.74. The van der Waals surface area contributed by atoms with Crippen LogP contribution in [0.3, 0.4) is 0 Å². The number of hydrogen-bond acceptors (Lipinski definition) is 4. The molecule has 3 heterocycles. The Labute approximate surface area is 190 Å². The van der Waals surface area contributed by atoms with E-state index in [9.17, 15) is 23.6 Å². The summed E-state index contributed by atoms with van der Waals surface area (Å²) >= 11 is 0. The lowest BCUT2D eigenvalue weighted by molar-refractivity contribution is -0.155. The monoisotopic (exact) mass is 449 g/mol. The Morgan fingerprint density at radius 3 is 2.33 bits per heavy atom. The second-order valence-corrected chi connectivity index (χ2v) is 8.92. The van der Waals surface area contributed by atoms with Crippen molar-refractivity contribution in [1.82, 2.24) is 14.7 Å². The molecule has 0 spiro atoms. The summed E-state index contributed by atoms with van der Waals surface area (Å²) in [6.45, 7) is 2.42. The molecule has 170 valence electrons. The molecule has 3 aliphatic heterocycles. The minimum absolute atomic E-state index is 0.112. The zero-order chi connectivity index (χ0) is 23.5. The van der Waals surface area contributed by atoms with Crippen molar-refractivity contribution >= 4 is 23.6 Å². The van der Waals surface area contributed by atoms with Crippen molar-refractivity contribution in [1.29, 1.82) is 0 Å². The first-order valence-electron chi connectivity index (χ1n) is 11.0. The van der Waals surface area contributed by atoms with E-state index in [0.29, 0.717) is 6.54 Å². The Bertz CT molecular complexity index is 1150. The van der Waals surface area contributed by atoms with E-state index in [0.717, 1.165) is 10.5 Å². The minimum atomic E-state index is -1.53. The van der Waals surface area contributed by atoms with Crippen LogP contribution in [0, 0.1) is 17.7 Å². The van der Waals surface area contributed by atoms with Gasteiger partial charge in [0.05, 0.1) is 17.9 Å². The van der Waals surface area contributed by atoms with Gasteiger partial charge >= 0.3 is 0 Å². The van der Waals surface area contributed by atoms with E-state index in [1.807, 2.05) is 37.3 Å². The maximum absolute atomic E-state index is 14.0. The Balaban J connectivity index is 1.72. The predicted molar refractivity (Wildman–Crippen MR) is 116 cm³/mol. The molecule has 0 N–H and O–H groups in total. The van der Waals surface area contributed by atoms with Crippen LogP contribution in [-0.4, -0.2) is 70.0 Å². The molecular formula is C25H24FN3O4. The maximum atomic E-state index is 14.0. The number of imide groups is 1. The molecule has 0 aromatic heterocycles. The molecule has 8 heteroatoms. The van der Waals surface area contributed by atoms with Gasteiger partial charge in [0.1, 0.15) is 11.4 Å². The highest BCUT2D eigenvalue weighted by molar-refractivity contribution is 6.13. The van der Waals surface area contributed by atoms with E-state index < -0.39 is 41.0 Å². The number of hydrogen-bond donors (Lipinski definition) is 0. The second-order valence-electron chi connectivity index (χ2n) is 8.92. The Kier molecular flexibility index (Phi) is 4.84. The number of likely N-dealkylation sites (N-methyl/N-ethyl adjacent to an activating group) is 1. The van der Waals surface area contributed by atoms with E-state index in [-0.39, 0.29) is 30.3 Å². The van der Waals surface area contributed by atoms with Crippen LogP contribution >= 0.6 is 0 Å². The van der Waals surface area contributed by atoms with Crippen LogP contribution < -0.4 is 0 Å². The normalized spacial score (nSPS) is 28.5. The first kappa shape index (κ1) is 21.3. The SMILES string of the molecule is CCN1C[C@@H]2[C@@H]3C(=O)N(C)C(=O)[C@@H]3[C@](Cc3ccccc3)(C1=O)N2C(=O)c1ccc(F)cc1. The standard InChI is InChI=1S/C25H24FN3O4/c1-3-28-14-18-19-20(23(32)27(2)22(19)31)25(24(28)33,13-15-7-5-4-6-8-15)29(18)21(30)16-9-11-17(26)12-10-16/h4-12,18-20H,3,13-14H2,1-2H3/t18-,19+,20-,25-/m1/s1. The zero-order valence-corrected chi connectivity index (χ0v) is 18.4. The number of nitrogens with zero attached hydrogens (tertiary/aromatic N) is 3. The molecule has 4 amide bonds. The van der Waals surface area contributed by atoms with Crippen LogP contribution in [0.1, 0.15) is 22.8 Å². The van der Waals surface area contributed by atoms with Gasteiger partial charge in [-0.3, -0.25) is 24.1 Å². The van der Waals surface area contributed by atoms with Crippen molar-refractivity contribution < 1.29 is 23.6 Å². The molecule has 0 saturated carbocycles. The average molecular weight is 449 g/mol. The minimum Gasteiger partial charge on any atom is -0.339 e. The topological polar surface area (TPSA) is 78.0 Å². The summed E-state index contributed by atoms with van der Waals surface area (Å²) in [7, 11) is 1.43. The molecule has 3 aliphatic rings. The van der Waals surface area contributed by atoms with Gasteiger partial charge in [0, 0.05) is 32.1 Å². The second kappa shape index (κ2) is 7.50. The van der Waals surface area contributed by atoms with E-state index >= 15 is 0 Å². The summed E-state index contributed by atoms with van der Waals surface area (Å²) in [5.41, 5.74) is -0.534. The van der Waals surface area contributed by atoms with Crippen molar-refractivity contribution in [2.24, 2.45) is 11.8 Å². The molecule has 0 aliphatic carbocycles. The lowest BCUT2D eigenvalue weighted by atomic mass is 9.75. The molecule has 0 radical (unpaired) electrons. The number of benzene rings is 2. The largest absolute Gasteiger partial charge is 0.339 e. The van der Waals surface area contributed by atoms with Crippen molar-refractivity contribution in [3.8, 4) is 0 Å². The lowest BCUT2D eigenvalue weighted by Gasteiger charge is -2.49. The lowest BCUT2D eigenvalue weighted by Crippen LogP contribution is -2.70. The molecule has 2 bridgehead atoms. The van der Waals surface area contributed by atoms with Crippen LogP contribution in [0.15, 0.2) is 54.6 Å². The first-order chi connectivity index (χ1) is 15.8. The van der Waals surface area contributed by atoms with Crippen molar-refractivity contribution in [3.05, 3.63) is 71.5 Å². The van der Waals surface area contributed by atoms with E-state index in [1.165, 1.54) is 36.2 Å². The third-order valence-corrected chi connectivity index (χ3v) is 7.34. The Morgan fingerprint density at radius 1 is 1.03 bits per heavy atom. The number of carbonyl (C=O) groups is 4. The molecule has 2 aromatic rings. The summed E-state index contributed by atoms with van der Waals surface area (Å²) in [6.07, 6.45) is 0.112. The van der Waals surface area contributed by atoms with Crippen LogP contribution in [0.4, 0.5) is 4.39 Å². The molecule has 4 atom stereocenters. The number of halogens is 1. The van der Waals surface area contributed by atoms with Gasteiger partial charge in [0.25, 0.3) is 5.91 Å². The molecule has 5 rings (SSSR count). The Morgan fingerprint density at radius 2 is 1.70 bits per heavy atom. The van der Waals surface area contributed by atoms with Gasteiger partial charge in [-0.15, -0.1) is 0 Å². The predicted octanol–water partition coefficient (Wildman–Crippen LogP) is 1.72. The number of fused-ring (bicyclic) bond motifs is 5. The fraction of sp³-hybridized carbons (Fsp3) is 0.360. The summed E-state index contributed by atoms with van der Waals surface area (Å²) in [4.78, 5) is 58.6. The number of rotatable bonds is 4. The molecule has 3 saturated heterocycles. The van der Waals surface area contributed by atoms with Gasteiger partial charge in [0.15, 0.2) is 0 Å². The Hall–Kier alpha value is -3.55. The highest BCUT2D eigenvalue weighted by Crippen LogP contribution is 2.53. The van der Waals surface area contributed by atoms with E-state index in [2.05, 4.69) is 0 Å². The van der Waals surface area contributed by atoms with Crippen LogP contribution in [-0.2, 0) is 20.8 Å². The quantitative estimate of drug-likeness (QED) is 0.666. The number of amides is 4. The van der Waals surface area contributed by atoms with Crippen molar-refractivity contribution in [3.63, 3.8) is 0 Å². The third kappa shape index (κ3) is 2.86. The number of likely N-dealkylation sites (tertiary alicyclic amines) is 2. The summed E-state index contributed by atoms with van der Waals surface area (Å²) in [6, 6.07) is 13.7.